The molecule has 1 aromatic carbocycles. The summed E-state index contributed by atoms with van der Waals surface area (Å²) in [6.45, 7) is 5.14. The van der Waals surface area contributed by atoms with Crippen LogP contribution in [0.2, 0.25) is 0 Å². The molecule has 1 aromatic heterocycles. The van der Waals surface area contributed by atoms with Gasteiger partial charge in [-0.05, 0) is 36.6 Å². The summed E-state index contributed by atoms with van der Waals surface area (Å²) < 4.78 is 42.2. The second-order valence-corrected chi connectivity index (χ2v) is 11.1. The van der Waals surface area contributed by atoms with Crippen LogP contribution in [0.1, 0.15) is 40.9 Å². The zero-order valence-electron chi connectivity index (χ0n) is 22.7. The van der Waals surface area contributed by atoms with Crippen LogP contribution in [0.5, 0.6) is 0 Å². The standard InChI is InChI=1S/C30H31ClF3N5O2/c1-3-6-23(7-5-14-41-30(32,33)34)37-17-29(18-37)19-38(20-29)24-11-8-21(9-12-24)15-35-28(40)27-25(4-2)36-26-13-10-22(31)16-39(26)27/h1,5-9,11-12,16H,4,10,13-15,17-20H2,2H3,(H,35,40)/b7-5-,23-6+. The van der Waals surface area contributed by atoms with Crippen LogP contribution in [0.3, 0.4) is 0 Å². The van der Waals surface area contributed by atoms with E-state index in [0.717, 1.165) is 55.4 Å². The first-order chi connectivity index (χ1) is 19.6. The number of carbonyl (C=O) groups is 1. The van der Waals surface area contributed by atoms with Gasteiger partial charge in [-0.1, -0.05) is 42.7 Å². The Morgan fingerprint density at radius 3 is 2.61 bits per heavy atom. The number of hydrogen-bond acceptors (Lipinski definition) is 5. The molecular weight excluding hydrogens is 555 g/mol. The molecule has 0 atom stereocenters. The van der Waals surface area contributed by atoms with Gasteiger partial charge in [-0.15, -0.1) is 19.6 Å². The lowest BCUT2D eigenvalue weighted by Gasteiger charge is -2.62. The number of aromatic nitrogens is 2. The molecule has 7 nitrogen and oxygen atoms in total. The maximum Gasteiger partial charge on any atom is 0.522 e. The summed E-state index contributed by atoms with van der Waals surface area (Å²) >= 11 is 6.23. The first-order valence-corrected chi connectivity index (χ1v) is 13.8. The normalized spacial score (nSPS) is 18.0. The monoisotopic (exact) mass is 585 g/mol. The Balaban J connectivity index is 1.11. The molecule has 0 unspecified atom stereocenters. The summed E-state index contributed by atoms with van der Waals surface area (Å²) in [6, 6.07) is 8.13. The van der Waals surface area contributed by atoms with Crippen molar-refractivity contribution in [3.63, 3.8) is 0 Å². The third kappa shape index (κ3) is 6.47. The van der Waals surface area contributed by atoms with E-state index >= 15 is 0 Å². The Labute approximate surface area is 242 Å². The van der Waals surface area contributed by atoms with Crippen molar-refractivity contribution in [3.05, 3.63) is 76.0 Å². The van der Waals surface area contributed by atoms with E-state index in [4.69, 9.17) is 18.0 Å². The molecule has 3 aliphatic heterocycles. The predicted octanol–water partition coefficient (Wildman–Crippen LogP) is 5.09. The van der Waals surface area contributed by atoms with Crippen LogP contribution in [-0.2, 0) is 24.1 Å². The number of rotatable bonds is 9. The number of aryl methyl sites for hydroxylation is 2. The minimum absolute atomic E-state index is 0.134. The molecule has 1 amide bonds. The highest BCUT2D eigenvalue weighted by atomic mass is 35.5. The van der Waals surface area contributed by atoms with Gasteiger partial charge in [0.1, 0.15) is 11.5 Å². The number of hydrogen-bond donors (Lipinski definition) is 1. The minimum atomic E-state index is -4.66. The Hall–Kier alpha value is -3.68. The van der Waals surface area contributed by atoms with E-state index in [0.29, 0.717) is 35.8 Å². The highest BCUT2D eigenvalue weighted by molar-refractivity contribution is 6.31. The van der Waals surface area contributed by atoms with E-state index in [1.54, 1.807) is 18.4 Å². The number of allylic oxidation sites excluding steroid dienone is 3. The Kier molecular flexibility index (Phi) is 8.20. The molecule has 216 valence electrons. The summed E-state index contributed by atoms with van der Waals surface area (Å²) in [6.07, 6.45) is 9.09. The number of benzene rings is 1. The average molecular weight is 586 g/mol. The van der Waals surface area contributed by atoms with Crippen LogP contribution in [0.25, 0.3) is 6.20 Å². The first kappa shape index (κ1) is 28.8. The minimum Gasteiger partial charge on any atom is -0.370 e. The Morgan fingerprint density at radius 1 is 1.22 bits per heavy atom. The molecule has 1 N–H and O–H groups in total. The van der Waals surface area contributed by atoms with Crippen molar-refractivity contribution in [1.29, 1.82) is 0 Å². The molecule has 5 rings (SSSR count). The first-order valence-electron chi connectivity index (χ1n) is 13.5. The fourth-order valence-corrected chi connectivity index (χ4v) is 5.79. The van der Waals surface area contributed by atoms with Gasteiger partial charge in [-0.2, -0.15) is 0 Å². The van der Waals surface area contributed by atoms with Gasteiger partial charge in [-0.25, -0.2) is 4.98 Å². The molecular formula is C30H31ClF3N5O2. The fourth-order valence-electron chi connectivity index (χ4n) is 5.59. The zero-order chi connectivity index (χ0) is 29.2. The number of terminal acetylenes is 1. The summed E-state index contributed by atoms with van der Waals surface area (Å²) in [5.74, 6) is 3.14. The molecule has 0 radical (unpaired) electrons. The molecule has 0 bridgehead atoms. The van der Waals surface area contributed by atoms with Crippen LogP contribution in [0.4, 0.5) is 18.9 Å². The van der Waals surface area contributed by atoms with Gasteiger partial charge in [0.15, 0.2) is 0 Å². The molecule has 11 heteroatoms. The molecule has 3 aliphatic rings. The summed E-state index contributed by atoms with van der Waals surface area (Å²) in [5, 5.41) is 3.73. The van der Waals surface area contributed by atoms with E-state index in [-0.39, 0.29) is 11.3 Å². The van der Waals surface area contributed by atoms with Crippen LogP contribution >= 0.6 is 11.6 Å². The van der Waals surface area contributed by atoms with Gasteiger partial charge >= 0.3 is 6.36 Å². The second-order valence-electron chi connectivity index (χ2n) is 10.6. The maximum atomic E-state index is 13.1. The maximum absolute atomic E-state index is 13.1. The van der Waals surface area contributed by atoms with Crippen LogP contribution in [0, 0.1) is 17.8 Å². The quantitative estimate of drug-likeness (QED) is 0.328. The van der Waals surface area contributed by atoms with Crippen molar-refractivity contribution >= 4 is 29.4 Å². The third-order valence-corrected chi connectivity index (χ3v) is 7.84. The van der Waals surface area contributed by atoms with Crippen molar-refractivity contribution in [1.82, 2.24) is 19.8 Å². The number of fused-ring (bicyclic) bond motifs is 1. The molecule has 2 fully saturated rings. The SMILES string of the molecule is C#C/C=C(\C=C/COC(F)(F)F)N1CC2(C1)CN(c1ccc(CNC(=O)c3c(CC)nc4n3C=C(Cl)CC4)cc1)C2. The molecule has 41 heavy (non-hydrogen) atoms. The van der Waals surface area contributed by atoms with Crippen LogP contribution in [0.15, 0.2) is 53.2 Å². The molecule has 4 heterocycles. The molecule has 2 saturated heterocycles. The molecule has 1 spiro atoms. The van der Waals surface area contributed by atoms with Gasteiger partial charge in [0.2, 0.25) is 0 Å². The van der Waals surface area contributed by atoms with E-state index < -0.39 is 13.0 Å². The number of ether oxygens (including phenoxy) is 1. The van der Waals surface area contributed by atoms with Gasteiger partial charge in [0, 0.05) is 73.3 Å². The number of alkyl halides is 3. The van der Waals surface area contributed by atoms with E-state index in [9.17, 15) is 18.0 Å². The van der Waals surface area contributed by atoms with Crippen molar-refractivity contribution < 1.29 is 22.7 Å². The van der Waals surface area contributed by atoms with Crippen molar-refractivity contribution in [3.8, 4) is 12.3 Å². The van der Waals surface area contributed by atoms with Gasteiger partial charge < -0.3 is 15.1 Å². The van der Waals surface area contributed by atoms with Gasteiger partial charge in [0.25, 0.3) is 5.91 Å². The number of halogens is 4. The summed E-state index contributed by atoms with van der Waals surface area (Å²) in [4.78, 5) is 22.1. The lowest BCUT2D eigenvalue weighted by Crippen LogP contribution is -2.71. The fraction of sp³-hybridized carbons (Fsp3) is 0.400. The summed E-state index contributed by atoms with van der Waals surface area (Å²) in [7, 11) is 0. The third-order valence-electron chi connectivity index (χ3n) is 7.55. The van der Waals surface area contributed by atoms with Gasteiger partial charge in [0.05, 0.1) is 12.3 Å². The van der Waals surface area contributed by atoms with Crippen LogP contribution < -0.4 is 10.2 Å². The highest BCUT2D eigenvalue weighted by Crippen LogP contribution is 2.43. The largest absolute Gasteiger partial charge is 0.522 e. The molecule has 2 aromatic rings. The smallest absolute Gasteiger partial charge is 0.370 e. The van der Waals surface area contributed by atoms with Crippen molar-refractivity contribution in [2.45, 2.75) is 39.1 Å². The Morgan fingerprint density at radius 2 is 1.95 bits per heavy atom. The van der Waals surface area contributed by atoms with Crippen molar-refractivity contribution in [2.75, 3.05) is 37.7 Å². The molecule has 0 aliphatic carbocycles. The van der Waals surface area contributed by atoms with Gasteiger partial charge in [-0.3, -0.25) is 14.1 Å². The van der Waals surface area contributed by atoms with Crippen LogP contribution in [-0.4, -0.2) is 59.5 Å². The Bertz CT molecular complexity index is 1420. The lowest BCUT2D eigenvalue weighted by atomic mass is 9.72. The molecule has 0 saturated carbocycles. The number of likely N-dealkylation sites (tertiary alicyclic amines) is 1. The van der Waals surface area contributed by atoms with E-state index in [1.165, 1.54) is 6.08 Å². The second kappa shape index (κ2) is 11.7. The highest BCUT2D eigenvalue weighted by Gasteiger charge is 2.52. The van der Waals surface area contributed by atoms with Crippen molar-refractivity contribution in [2.24, 2.45) is 5.41 Å². The lowest BCUT2D eigenvalue weighted by molar-refractivity contribution is -0.319. The number of anilines is 1. The van der Waals surface area contributed by atoms with E-state index in [1.807, 2.05) is 23.6 Å². The number of carbonyl (C=O) groups excluding carboxylic acids is 1. The topological polar surface area (TPSA) is 62.6 Å². The number of imidazole rings is 1. The zero-order valence-corrected chi connectivity index (χ0v) is 23.4. The number of nitrogens with one attached hydrogen (secondary N) is 1. The predicted molar refractivity (Wildman–Crippen MR) is 152 cm³/mol. The number of amides is 1. The number of nitrogens with zero attached hydrogens (tertiary/aromatic N) is 4. The average Bonchev–Trinajstić information content (AvgIpc) is 3.26. The summed E-state index contributed by atoms with van der Waals surface area (Å²) in [5.41, 5.74) is 4.24. The van der Waals surface area contributed by atoms with E-state index in [2.05, 4.69) is 42.9 Å².